The largest absolute Gasteiger partial charge is 0.385 e. The number of hydrogen-bond acceptors (Lipinski definition) is 3. The van der Waals surface area contributed by atoms with Gasteiger partial charge < -0.3 is 14.2 Å². The van der Waals surface area contributed by atoms with Crippen molar-refractivity contribution in [1.29, 1.82) is 0 Å². The van der Waals surface area contributed by atoms with Gasteiger partial charge in [0, 0.05) is 20.8 Å². The predicted octanol–water partition coefficient (Wildman–Crippen LogP) is 2.14. The van der Waals surface area contributed by atoms with E-state index in [4.69, 9.17) is 14.2 Å². The lowest BCUT2D eigenvalue weighted by atomic mass is 9.91. The zero-order chi connectivity index (χ0) is 10.8. The first-order valence-corrected chi connectivity index (χ1v) is 5.92. The topological polar surface area (TPSA) is 27.7 Å². The third-order valence-corrected chi connectivity index (χ3v) is 3.90. The van der Waals surface area contributed by atoms with E-state index in [0.29, 0.717) is 0 Å². The van der Waals surface area contributed by atoms with Gasteiger partial charge in [-0.15, -0.1) is 0 Å². The van der Waals surface area contributed by atoms with Gasteiger partial charge in [-0.25, -0.2) is 0 Å². The van der Waals surface area contributed by atoms with Crippen molar-refractivity contribution in [1.82, 2.24) is 0 Å². The lowest BCUT2D eigenvalue weighted by Gasteiger charge is -2.40. The molecular weight excluding hydrogens is 192 g/mol. The maximum Gasteiger partial charge on any atom is 0.0923 e. The van der Waals surface area contributed by atoms with Crippen LogP contribution in [0.15, 0.2) is 0 Å². The van der Waals surface area contributed by atoms with E-state index in [1.807, 2.05) is 0 Å². The molecular formula is C12H22O3. The second-order valence-electron chi connectivity index (χ2n) is 5.00. The van der Waals surface area contributed by atoms with Crippen molar-refractivity contribution in [2.75, 3.05) is 27.4 Å². The van der Waals surface area contributed by atoms with Crippen LogP contribution in [-0.4, -0.2) is 38.6 Å². The molecule has 0 amide bonds. The van der Waals surface area contributed by atoms with E-state index in [2.05, 4.69) is 0 Å². The van der Waals surface area contributed by atoms with Crippen LogP contribution in [0, 0.1) is 0 Å². The number of hydrogen-bond donors (Lipinski definition) is 0. The lowest BCUT2D eigenvalue weighted by molar-refractivity contribution is -0.167. The molecule has 2 saturated heterocycles. The Balaban J connectivity index is 1.99. The van der Waals surface area contributed by atoms with Gasteiger partial charge >= 0.3 is 0 Å². The minimum Gasteiger partial charge on any atom is -0.385 e. The molecule has 0 radical (unpaired) electrons. The molecule has 2 bridgehead atoms. The summed E-state index contributed by atoms with van der Waals surface area (Å²) in [5, 5.41) is 0. The highest BCUT2D eigenvalue weighted by molar-refractivity contribution is 5.01. The number of ether oxygens (including phenoxy) is 3. The van der Waals surface area contributed by atoms with Crippen LogP contribution in [0.5, 0.6) is 0 Å². The highest BCUT2D eigenvalue weighted by Gasteiger charge is 2.51. The Morgan fingerprint density at radius 2 is 1.73 bits per heavy atom. The molecule has 2 rings (SSSR count). The Hall–Kier alpha value is -0.120. The van der Waals surface area contributed by atoms with E-state index in [1.54, 1.807) is 14.2 Å². The van der Waals surface area contributed by atoms with Crippen molar-refractivity contribution in [3.63, 3.8) is 0 Å². The molecule has 2 atom stereocenters. The maximum atomic E-state index is 6.31. The molecule has 3 heteroatoms. The zero-order valence-corrected chi connectivity index (χ0v) is 9.88. The van der Waals surface area contributed by atoms with E-state index in [9.17, 15) is 0 Å². The molecule has 88 valence electrons. The monoisotopic (exact) mass is 214 g/mol. The molecule has 0 aromatic heterocycles. The predicted molar refractivity (Wildman–Crippen MR) is 58.0 cm³/mol. The van der Waals surface area contributed by atoms with Crippen LogP contribution in [0.2, 0.25) is 0 Å². The quantitative estimate of drug-likeness (QED) is 0.701. The average Bonchev–Trinajstić information content (AvgIpc) is 2.49. The standard InChI is InChI=1S/C12H22O3/c1-13-9-8-11-4-3-5-12(15-11,7-6-11)10-14-2/h3-10H2,1-2H3/t11-,12+/m1/s1. The van der Waals surface area contributed by atoms with Gasteiger partial charge in [-0.05, 0) is 38.5 Å². The third kappa shape index (κ3) is 2.19. The second kappa shape index (κ2) is 4.40. The maximum absolute atomic E-state index is 6.31. The van der Waals surface area contributed by atoms with E-state index in [-0.39, 0.29) is 11.2 Å². The summed E-state index contributed by atoms with van der Waals surface area (Å²) in [6.45, 7) is 1.56. The van der Waals surface area contributed by atoms with Gasteiger partial charge in [0.2, 0.25) is 0 Å². The molecule has 0 aromatic rings. The van der Waals surface area contributed by atoms with Gasteiger partial charge in [-0.1, -0.05) is 0 Å². The van der Waals surface area contributed by atoms with Crippen molar-refractivity contribution in [3.05, 3.63) is 0 Å². The highest BCUT2D eigenvalue weighted by atomic mass is 16.6. The molecule has 2 heterocycles. The van der Waals surface area contributed by atoms with E-state index < -0.39 is 0 Å². The second-order valence-corrected chi connectivity index (χ2v) is 5.00. The summed E-state index contributed by atoms with van der Waals surface area (Å²) in [7, 11) is 3.53. The Morgan fingerprint density at radius 3 is 2.47 bits per heavy atom. The Labute approximate surface area is 92.1 Å². The van der Waals surface area contributed by atoms with E-state index in [0.717, 1.165) is 32.5 Å². The van der Waals surface area contributed by atoms with Gasteiger partial charge in [0.25, 0.3) is 0 Å². The van der Waals surface area contributed by atoms with Gasteiger partial charge in [-0.2, -0.15) is 0 Å². The van der Waals surface area contributed by atoms with Crippen LogP contribution in [0.4, 0.5) is 0 Å². The smallest absolute Gasteiger partial charge is 0.0923 e. The Kier molecular flexibility index (Phi) is 3.33. The summed E-state index contributed by atoms with van der Waals surface area (Å²) in [5.41, 5.74) is 0.132. The van der Waals surface area contributed by atoms with Crippen LogP contribution in [0.1, 0.15) is 38.5 Å². The summed E-state index contributed by atoms with van der Waals surface area (Å²) in [4.78, 5) is 0. The van der Waals surface area contributed by atoms with Crippen LogP contribution in [0.3, 0.4) is 0 Å². The summed E-state index contributed by atoms with van der Waals surface area (Å²) in [6, 6.07) is 0. The average molecular weight is 214 g/mol. The van der Waals surface area contributed by atoms with Crippen LogP contribution >= 0.6 is 0 Å². The summed E-state index contributed by atoms with van der Waals surface area (Å²) >= 11 is 0. The minimum atomic E-state index is 0.0285. The summed E-state index contributed by atoms with van der Waals surface area (Å²) in [6.07, 6.45) is 7.00. The molecule has 0 aromatic carbocycles. The fraction of sp³-hybridized carbons (Fsp3) is 1.00. The van der Waals surface area contributed by atoms with Gasteiger partial charge in [-0.3, -0.25) is 0 Å². The third-order valence-electron chi connectivity index (χ3n) is 3.90. The fourth-order valence-corrected chi connectivity index (χ4v) is 3.13. The van der Waals surface area contributed by atoms with E-state index in [1.165, 1.54) is 19.3 Å². The van der Waals surface area contributed by atoms with Crippen molar-refractivity contribution < 1.29 is 14.2 Å². The number of methoxy groups -OCH3 is 2. The molecule has 0 spiro atoms. The van der Waals surface area contributed by atoms with Crippen molar-refractivity contribution in [2.45, 2.75) is 49.7 Å². The fourth-order valence-electron chi connectivity index (χ4n) is 3.13. The first-order valence-electron chi connectivity index (χ1n) is 5.92. The zero-order valence-electron chi connectivity index (χ0n) is 9.88. The number of fused-ring (bicyclic) bond motifs is 2. The SMILES string of the molecule is COCC[C@@]12CCC[C@@](COC)(CC1)O2. The molecule has 3 nitrogen and oxygen atoms in total. The van der Waals surface area contributed by atoms with Gasteiger partial charge in [0.15, 0.2) is 0 Å². The van der Waals surface area contributed by atoms with Crippen molar-refractivity contribution in [2.24, 2.45) is 0 Å². The molecule has 0 unspecified atom stereocenters. The van der Waals surface area contributed by atoms with Gasteiger partial charge in [0.05, 0.1) is 17.8 Å². The molecule has 0 N–H and O–H groups in total. The highest BCUT2D eigenvalue weighted by Crippen LogP contribution is 2.49. The molecule has 2 fully saturated rings. The summed E-state index contributed by atoms with van der Waals surface area (Å²) < 4.78 is 16.8. The lowest BCUT2D eigenvalue weighted by Crippen LogP contribution is -2.43. The van der Waals surface area contributed by atoms with Crippen LogP contribution in [0.25, 0.3) is 0 Å². The molecule has 2 aliphatic rings. The Bertz CT molecular complexity index is 215. The number of rotatable bonds is 5. The molecule has 2 aliphatic heterocycles. The first kappa shape index (κ1) is 11.4. The first-order chi connectivity index (χ1) is 7.24. The normalized spacial score (nSPS) is 39.6. The van der Waals surface area contributed by atoms with E-state index >= 15 is 0 Å². The molecule has 15 heavy (non-hydrogen) atoms. The summed E-state index contributed by atoms with van der Waals surface area (Å²) in [5.74, 6) is 0. The van der Waals surface area contributed by atoms with Crippen molar-refractivity contribution >= 4 is 0 Å². The molecule has 0 saturated carbocycles. The van der Waals surface area contributed by atoms with Crippen LogP contribution < -0.4 is 0 Å². The van der Waals surface area contributed by atoms with Gasteiger partial charge in [0.1, 0.15) is 0 Å². The minimum absolute atomic E-state index is 0.0285. The molecule has 0 aliphatic carbocycles. The Morgan fingerprint density at radius 1 is 1.00 bits per heavy atom. The van der Waals surface area contributed by atoms with Crippen molar-refractivity contribution in [3.8, 4) is 0 Å². The van der Waals surface area contributed by atoms with Crippen LogP contribution in [-0.2, 0) is 14.2 Å².